The predicted molar refractivity (Wildman–Crippen MR) is 91.8 cm³/mol. The van der Waals surface area contributed by atoms with Crippen LogP contribution in [0.2, 0.25) is 0 Å². The molecule has 6 heteroatoms. The average Bonchev–Trinajstić information content (AvgIpc) is 2.50. The minimum absolute atomic E-state index is 0.152. The Balaban J connectivity index is 1.98. The van der Waals surface area contributed by atoms with E-state index in [1.807, 2.05) is 25.7 Å². The van der Waals surface area contributed by atoms with E-state index in [-0.39, 0.29) is 11.2 Å². The van der Waals surface area contributed by atoms with Crippen molar-refractivity contribution in [3.8, 4) is 0 Å². The molecule has 2 rings (SSSR count). The zero-order valence-electron chi connectivity index (χ0n) is 14.7. The van der Waals surface area contributed by atoms with Gasteiger partial charge in [0, 0.05) is 32.7 Å². The molecule has 1 aliphatic rings. The van der Waals surface area contributed by atoms with Crippen LogP contribution < -0.4 is 5.73 Å². The van der Waals surface area contributed by atoms with Gasteiger partial charge >= 0.3 is 0 Å². The van der Waals surface area contributed by atoms with Crippen LogP contribution in [0.4, 0.5) is 4.39 Å². The van der Waals surface area contributed by atoms with Crippen LogP contribution in [-0.2, 0) is 4.79 Å². The molecule has 0 spiro atoms. The lowest BCUT2D eigenvalue weighted by molar-refractivity contribution is -0.124. The van der Waals surface area contributed by atoms with E-state index in [1.54, 1.807) is 12.1 Å². The Morgan fingerprint density at radius 1 is 1.21 bits per heavy atom. The number of carbonyl (C=O) groups excluding carboxylic acids is 1. The Hall–Kier alpha value is -1.50. The van der Waals surface area contributed by atoms with Crippen LogP contribution in [-0.4, -0.2) is 59.6 Å². The fourth-order valence-corrected chi connectivity index (χ4v) is 2.92. The van der Waals surface area contributed by atoms with E-state index >= 15 is 0 Å². The molecular formula is C18H28FN3O2. The Labute approximate surface area is 143 Å². The number of β-amino-alcohol motifs (C(OH)–C–C–N with tert-alkyl or cyclic N) is 1. The zero-order chi connectivity index (χ0) is 17.9. The van der Waals surface area contributed by atoms with E-state index in [0.29, 0.717) is 25.2 Å². The Morgan fingerprint density at radius 2 is 1.75 bits per heavy atom. The molecule has 1 aromatic carbocycles. The molecule has 1 saturated heterocycles. The van der Waals surface area contributed by atoms with E-state index in [2.05, 4.69) is 4.90 Å². The molecule has 0 aliphatic carbocycles. The molecule has 134 valence electrons. The highest BCUT2D eigenvalue weighted by Crippen LogP contribution is 2.24. The number of nitrogens with zero attached hydrogens (tertiary/aromatic N) is 2. The van der Waals surface area contributed by atoms with E-state index in [9.17, 15) is 14.3 Å². The summed E-state index contributed by atoms with van der Waals surface area (Å²) in [6.45, 7) is 9.57. The molecule has 1 aliphatic heterocycles. The van der Waals surface area contributed by atoms with Crippen LogP contribution in [0.5, 0.6) is 0 Å². The minimum atomic E-state index is -0.541. The number of piperazine rings is 1. The second kappa shape index (κ2) is 7.59. The van der Waals surface area contributed by atoms with Crippen molar-refractivity contribution in [2.45, 2.75) is 32.9 Å². The van der Waals surface area contributed by atoms with E-state index in [0.717, 1.165) is 13.1 Å². The summed E-state index contributed by atoms with van der Waals surface area (Å²) in [5.74, 6) is -0.757. The van der Waals surface area contributed by atoms with Crippen LogP contribution >= 0.6 is 0 Å². The lowest BCUT2D eigenvalue weighted by Gasteiger charge is -2.40. The summed E-state index contributed by atoms with van der Waals surface area (Å²) in [6, 6.07) is 5.38. The number of hydrogen-bond acceptors (Lipinski definition) is 4. The third-order valence-corrected chi connectivity index (χ3v) is 4.66. The number of aliphatic hydroxyl groups is 1. The molecule has 0 radical (unpaired) electrons. The SMILES string of the molecule is CC(C)(C)[C@@H](O)CN1CCN([C@H](C(N)=O)c2ccc(F)cc2)CC1. The van der Waals surface area contributed by atoms with E-state index in [4.69, 9.17) is 5.73 Å². The summed E-state index contributed by atoms with van der Waals surface area (Å²) in [5, 5.41) is 10.2. The van der Waals surface area contributed by atoms with Gasteiger partial charge in [-0.2, -0.15) is 0 Å². The highest BCUT2D eigenvalue weighted by Gasteiger charge is 2.31. The first-order valence-corrected chi connectivity index (χ1v) is 8.37. The van der Waals surface area contributed by atoms with Crippen molar-refractivity contribution >= 4 is 5.91 Å². The van der Waals surface area contributed by atoms with Gasteiger partial charge in [-0.3, -0.25) is 14.6 Å². The number of carbonyl (C=O) groups is 1. The quantitative estimate of drug-likeness (QED) is 0.852. The second-order valence-electron chi connectivity index (χ2n) is 7.57. The smallest absolute Gasteiger partial charge is 0.239 e. The van der Waals surface area contributed by atoms with Crippen molar-refractivity contribution in [3.63, 3.8) is 0 Å². The summed E-state index contributed by atoms with van der Waals surface area (Å²) < 4.78 is 13.1. The highest BCUT2D eigenvalue weighted by molar-refractivity contribution is 5.81. The van der Waals surface area contributed by atoms with Crippen LogP contribution in [0.25, 0.3) is 0 Å². The number of nitrogens with two attached hydrogens (primary N) is 1. The summed E-state index contributed by atoms with van der Waals surface area (Å²) >= 11 is 0. The van der Waals surface area contributed by atoms with Gasteiger partial charge in [0.05, 0.1) is 6.10 Å². The molecule has 1 aromatic rings. The van der Waals surface area contributed by atoms with E-state index in [1.165, 1.54) is 12.1 Å². The first-order valence-electron chi connectivity index (χ1n) is 8.37. The number of benzene rings is 1. The lowest BCUT2D eigenvalue weighted by Crippen LogP contribution is -2.52. The number of hydrogen-bond donors (Lipinski definition) is 2. The van der Waals surface area contributed by atoms with Crippen molar-refractivity contribution in [2.75, 3.05) is 32.7 Å². The third-order valence-electron chi connectivity index (χ3n) is 4.66. The van der Waals surface area contributed by atoms with Crippen molar-refractivity contribution in [1.82, 2.24) is 9.80 Å². The van der Waals surface area contributed by atoms with Gasteiger partial charge in [0.15, 0.2) is 0 Å². The summed E-state index contributed by atoms with van der Waals surface area (Å²) in [5.41, 5.74) is 6.15. The van der Waals surface area contributed by atoms with Crippen molar-refractivity contribution in [1.29, 1.82) is 0 Å². The summed E-state index contributed by atoms with van der Waals surface area (Å²) in [7, 11) is 0. The Morgan fingerprint density at radius 3 is 2.21 bits per heavy atom. The van der Waals surface area contributed by atoms with Crippen molar-refractivity contribution in [3.05, 3.63) is 35.6 Å². The van der Waals surface area contributed by atoms with Crippen molar-refractivity contribution in [2.24, 2.45) is 11.1 Å². The van der Waals surface area contributed by atoms with Gasteiger partial charge in [-0.1, -0.05) is 32.9 Å². The molecular weight excluding hydrogens is 309 g/mol. The average molecular weight is 337 g/mol. The van der Waals surface area contributed by atoms with Gasteiger partial charge in [0.25, 0.3) is 0 Å². The van der Waals surface area contributed by atoms with Gasteiger partial charge < -0.3 is 10.8 Å². The largest absolute Gasteiger partial charge is 0.391 e. The molecule has 2 atom stereocenters. The van der Waals surface area contributed by atoms with Crippen LogP contribution in [0.3, 0.4) is 0 Å². The first kappa shape index (κ1) is 18.8. The fraction of sp³-hybridized carbons (Fsp3) is 0.611. The van der Waals surface area contributed by atoms with Gasteiger partial charge in [-0.15, -0.1) is 0 Å². The number of amides is 1. The summed E-state index contributed by atoms with van der Waals surface area (Å²) in [4.78, 5) is 16.1. The summed E-state index contributed by atoms with van der Waals surface area (Å²) in [6.07, 6.45) is -0.395. The normalized spacial score (nSPS) is 19.9. The van der Waals surface area contributed by atoms with Gasteiger partial charge in [-0.25, -0.2) is 4.39 Å². The van der Waals surface area contributed by atoms with Crippen molar-refractivity contribution < 1.29 is 14.3 Å². The van der Waals surface area contributed by atoms with Gasteiger partial charge in [-0.05, 0) is 23.1 Å². The molecule has 0 bridgehead atoms. The maximum atomic E-state index is 13.1. The molecule has 1 heterocycles. The van der Waals surface area contributed by atoms with Gasteiger partial charge in [0.2, 0.25) is 5.91 Å². The lowest BCUT2D eigenvalue weighted by atomic mass is 9.89. The fourth-order valence-electron chi connectivity index (χ4n) is 2.92. The molecule has 0 unspecified atom stereocenters. The minimum Gasteiger partial charge on any atom is -0.391 e. The molecule has 24 heavy (non-hydrogen) atoms. The zero-order valence-corrected chi connectivity index (χ0v) is 14.7. The number of halogens is 1. The van der Waals surface area contributed by atoms with Crippen LogP contribution in [0.15, 0.2) is 24.3 Å². The number of rotatable bonds is 5. The maximum Gasteiger partial charge on any atom is 0.239 e. The molecule has 0 aromatic heterocycles. The Kier molecular flexibility index (Phi) is 5.96. The molecule has 5 nitrogen and oxygen atoms in total. The molecule has 3 N–H and O–H groups in total. The maximum absolute atomic E-state index is 13.1. The molecule has 0 saturated carbocycles. The Bertz CT molecular complexity index is 548. The number of aliphatic hydroxyl groups excluding tert-OH is 1. The molecule has 1 fully saturated rings. The topological polar surface area (TPSA) is 69.8 Å². The molecule has 1 amide bonds. The van der Waals surface area contributed by atoms with Gasteiger partial charge in [0.1, 0.15) is 11.9 Å². The van der Waals surface area contributed by atoms with Crippen LogP contribution in [0, 0.1) is 11.2 Å². The monoisotopic (exact) mass is 337 g/mol. The number of primary amides is 1. The third kappa shape index (κ3) is 4.75. The first-order chi connectivity index (χ1) is 11.2. The van der Waals surface area contributed by atoms with E-state index < -0.39 is 18.1 Å². The van der Waals surface area contributed by atoms with Crippen LogP contribution in [0.1, 0.15) is 32.4 Å². The second-order valence-corrected chi connectivity index (χ2v) is 7.57. The standard InChI is InChI=1S/C18H28FN3O2/c1-18(2,3)15(23)12-21-8-10-22(11-9-21)16(17(20)24)13-4-6-14(19)7-5-13/h4-7,15-16,23H,8-12H2,1-3H3,(H2,20,24)/t15-,16-/m0/s1. The highest BCUT2D eigenvalue weighted by atomic mass is 19.1. The predicted octanol–water partition coefficient (Wildman–Crippen LogP) is 1.38.